The van der Waals surface area contributed by atoms with Crippen LogP contribution in [0.1, 0.15) is 17.5 Å². The number of nitriles is 1. The van der Waals surface area contributed by atoms with Gasteiger partial charge in [0.1, 0.15) is 6.07 Å². The summed E-state index contributed by atoms with van der Waals surface area (Å²) >= 11 is 0. The van der Waals surface area contributed by atoms with Gasteiger partial charge in [0.2, 0.25) is 11.9 Å². The molecule has 1 aromatic carbocycles. The number of aromatic nitrogens is 3. The van der Waals surface area contributed by atoms with Crippen molar-refractivity contribution in [1.82, 2.24) is 14.6 Å². The van der Waals surface area contributed by atoms with Crippen molar-refractivity contribution in [2.24, 2.45) is 0 Å². The Kier molecular flexibility index (Phi) is 3.79. The average Bonchev–Trinajstić information content (AvgIpc) is 2.95. The van der Waals surface area contributed by atoms with Crippen molar-refractivity contribution in [2.75, 3.05) is 5.32 Å². The Labute approximate surface area is 127 Å². The van der Waals surface area contributed by atoms with Crippen LogP contribution in [0.2, 0.25) is 0 Å². The van der Waals surface area contributed by atoms with Crippen LogP contribution in [0.4, 0.5) is 5.95 Å². The van der Waals surface area contributed by atoms with Crippen LogP contribution in [-0.2, 0) is 11.2 Å². The molecule has 1 amide bonds. The first-order valence-electron chi connectivity index (χ1n) is 6.85. The Balaban J connectivity index is 1.65. The van der Waals surface area contributed by atoms with Crippen LogP contribution in [0.3, 0.4) is 0 Å². The topological polar surface area (TPSA) is 83.1 Å². The summed E-state index contributed by atoms with van der Waals surface area (Å²) in [5.74, 6) is 0.105. The Hall–Kier alpha value is -3.20. The molecule has 0 aliphatic heterocycles. The normalized spacial score (nSPS) is 10.3. The molecule has 0 bridgehead atoms. The maximum absolute atomic E-state index is 11.9. The summed E-state index contributed by atoms with van der Waals surface area (Å²) < 4.78 is 1.48. The number of rotatable bonds is 4. The number of benzene rings is 1. The lowest BCUT2D eigenvalue weighted by Crippen LogP contribution is -2.13. The first-order valence-corrected chi connectivity index (χ1v) is 6.85. The lowest BCUT2D eigenvalue weighted by molar-refractivity contribution is -0.116. The van der Waals surface area contributed by atoms with Gasteiger partial charge in [-0.1, -0.05) is 30.3 Å². The van der Waals surface area contributed by atoms with Crippen LogP contribution < -0.4 is 5.32 Å². The van der Waals surface area contributed by atoms with E-state index in [-0.39, 0.29) is 11.9 Å². The second-order valence-corrected chi connectivity index (χ2v) is 4.80. The molecule has 0 unspecified atom stereocenters. The molecule has 6 nitrogen and oxygen atoms in total. The smallest absolute Gasteiger partial charge is 0.249 e. The van der Waals surface area contributed by atoms with E-state index in [2.05, 4.69) is 15.4 Å². The second kappa shape index (κ2) is 6.06. The summed E-state index contributed by atoms with van der Waals surface area (Å²) in [6.45, 7) is 0. The third kappa shape index (κ3) is 3.10. The Morgan fingerprint density at radius 3 is 2.82 bits per heavy atom. The summed E-state index contributed by atoms with van der Waals surface area (Å²) in [4.78, 5) is 16.1. The van der Waals surface area contributed by atoms with E-state index in [0.29, 0.717) is 24.1 Å². The van der Waals surface area contributed by atoms with Gasteiger partial charge in [0.05, 0.1) is 5.56 Å². The molecule has 0 saturated carbocycles. The fourth-order valence-electron chi connectivity index (χ4n) is 2.09. The number of aryl methyl sites for hydroxylation is 1. The monoisotopic (exact) mass is 291 g/mol. The van der Waals surface area contributed by atoms with E-state index in [1.165, 1.54) is 4.52 Å². The highest BCUT2D eigenvalue weighted by molar-refractivity contribution is 5.89. The molecule has 108 valence electrons. The number of fused-ring (bicyclic) bond motifs is 1. The molecule has 0 saturated heterocycles. The van der Waals surface area contributed by atoms with Gasteiger partial charge in [-0.25, -0.2) is 4.52 Å². The zero-order valence-electron chi connectivity index (χ0n) is 11.7. The van der Waals surface area contributed by atoms with Crippen molar-refractivity contribution < 1.29 is 4.79 Å². The molecular weight excluding hydrogens is 278 g/mol. The maximum Gasteiger partial charge on any atom is 0.249 e. The SMILES string of the molecule is N#Cc1ccc2nc(NC(=O)CCc3ccccc3)nn2c1. The molecule has 0 fully saturated rings. The van der Waals surface area contributed by atoms with E-state index >= 15 is 0 Å². The minimum absolute atomic E-state index is 0.139. The molecule has 0 spiro atoms. The number of carbonyl (C=O) groups is 1. The molecular formula is C16H13N5O. The molecule has 6 heteroatoms. The number of hydrogen-bond acceptors (Lipinski definition) is 4. The number of carbonyl (C=O) groups excluding carboxylic acids is 1. The zero-order chi connectivity index (χ0) is 15.4. The van der Waals surface area contributed by atoms with E-state index in [1.54, 1.807) is 18.3 Å². The standard InChI is InChI=1S/C16H13N5O/c17-10-13-6-8-14-18-16(20-21(14)11-13)19-15(22)9-7-12-4-2-1-3-5-12/h1-6,8,11H,7,9H2,(H,19,20,22). The first-order chi connectivity index (χ1) is 10.7. The van der Waals surface area contributed by atoms with E-state index in [9.17, 15) is 4.79 Å². The van der Waals surface area contributed by atoms with Crippen LogP contribution in [0.15, 0.2) is 48.7 Å². The van der Waals surface area contributed by atoms with E-state index in [0.717, 1.165) is 5.56 Å². The minimum Gasteiger partial charge on any atom is -0.293 e. The predicted octanol–water partition coefficient (Wildman–Crippen LogP) is 2.17. The predicted molar refractivity (Wildman–Crippen MR) is 81.1 cm³/mol. The minimum atomic E-state index is -0.139. The van der Waals surface area contributed by atoms with Gasteiger partial charge >= 0.3 is 0 Å². The van der Waals surface area contributed by atoms with E-state index in [1.807, 2.05) is 36.4 Å². The maximum atomic E-state index is 11.9. The Bertz CT molecular complexity index is 848. The van der Waals surface area contributed by atoms with Crippen molar-refractivity contribution in [3.8, 4) is 6.07 Å². The van der Waals surface area contributed by atoms with Gasteiger partial charge < -0.3 is 0 Å². The van der Waals surface area contributed by atoms with Crippen molar-refractivity contribution in [1.29, 1.82) is 5.26 Å². The third-order valence-corrected chi connectivity index (χ3v) is 3.19. The molecule has 0 aliphatic rings. The molecule has 1 N–H and O–H groups in total. The quantitative estimate of drug-likeness (QED) is 0.798. The van der Waals surface area contributed by atoms with Crippen molar-refractivity contribution in [3.63, 3.8) is 0 Å². The number of amides is 1. The summed E-state index contributed by atoms with van der Waals surface area (Å²) in [5.41, 5.74) is 2.18. The molecule has 3 aromatic rings. The number of hydrogen-bond donors (Lipinski definition) is 1. The summed E-state index contributed by atoms with van der Waals surface area (Å²) in [6.07, 6.45) is 2.60. The molecule has 0 aliphatic carbocycles. The molecule has 0 radical (unpaired) electrons. The fraction of sp³-hybridized carbons (Fsp3) is 0.125. The summed E-state index contributed by atoms with van der Waals surface area (Å²) in [5, 5.41) is 15.7. The van der Waals surface area contributed by atoms with Gasteiger partial charge in [-0.15, -0.1) is 5.10 Å². The van der Waals surface area contributed by atoms with Crippen LogP contribution in [-0.4, -0.2) is 20.5 Å². The Morgan fingerprint density at radius 2 is 2.05 bits per heavy atom. The second-order valence-electron chi connectivity index (χ2n) is 4.80. The van der Waals surface area contributed by atoms with Gasteiger partial charge in [0, 0.05) is 12.6 Å². The molecule has 2 heterocycles. The average molecular weight is 291 g/mol. The van der Waals surface area contributed by atoms with Crippen LogP contribution >= 0.6 is 0 Å². The van der Waals surface area contributed by atoms with Crippen LogP contribution in [0.25, 0.3) is 5.65 Å². The summed E-state index contributed by atoms with van der Waals surface area (Å²) in [6, 6.07) is 15.2. The molecule has 2 aromatic heterocycles. The highest BCUT2D eigenvalue weighted by Gasteiger charge is 2.08. The van der Waals surface area contributed by atoms with Crippen LogP contribution in [0, 0.1) is 11.3 Å². The van der Waals surface area contributed by atoms with Crippen LogP contribution in [0.5, 0.6) is 0 Å². The van der Waals surface area contributed by atoms with Crippen molar-refractivity contribution in [2.45, 2.75) is 12.8 Å². The third-order valence-electron chi connectivity index (χ3n) is 3.19. The number of nitrogens with zero attached hydrogens (tertiary/aromatic N) is 4. The van der Waals surface area contributed by atoms with Gasteiger partial charge in [0.25, 0.3) is 0 Å². The van der Waals surface area contributed by atoms with E-state index < -0.39 is 0 Å². The largest absolute Gasteiger partial charge is 0.293 e. The Morgan fingerprint density at radius 1 is 1.23 bits per heavy atom. The van der Waals surface area contributed by atoms with Gasteiger partial charge in [0.15, 0.2) is 5.65 Å². The zero-order valence-corrected chi connectivity index (χ0v) is 11.7. The van der Waals surface area contributed by atoms with E-state index in [4.69, 9.17) is 5.26 Å². The van der Waals surface area contributed by atoms with Crippen molar-refractivity contribution in [3.05, 3.63) is 59.8 Å². The molecule has 0 atom stereocenters. The van der Waals surface area contributed by atoms with Gasteiger partial charge in [-0.3, -0.25) is 10.1 Å². The number of nitrogens with one attached hydrogen (secondary N) is 1. The fourth-order valence-corrected chi connectivity index (χ4v) is 2.09. The van der Waals surface area contributed by atoms with Crippen molar-refractivity contribution >= 4 is 17.5 Å². The lowest BCUT2D eigenvalue weighted by atomic mass is 10.1. The number of pyridine rings is 1. The highest BCUT2D eigenvalue weighted by Crippen LogP contribution is 2.08. The molecule has 3 rings (SSSR count). The molecule has 22 heavy (non-hydrogen) atoms. The van der Waals surface area contributed by atoms with Gasteiger partial charge in [-0.05, 0) is 24.1 Å². The lowest BCUT2D eigenvalue weighted by Gasteiger charge is -2.01. The summed E-state index contributed by atoms with van der Waals surface area (Å²) in [7, 11) is 0. The number of anilines is 1. The van der Waals surface area contributed by atoms with Gasteiger partial charge in [-0.2, -0.15) is 10.2 Å². The first kappa shape index (κ1) is 13.8. The highest BCUT2D eigenvalue weighted by atomic mass is 16.1.